The van der Waals surface area contributed by atoms with E-state index in [9.17, 15) is 0 Å². The highest BCUT2D eigenvalue weighted by atomic mass is 14.9. The summed E-state index contributed by atoms with van der Waals surface area (Å²) in [4.78, 5) is 8.53. The molecule has 0 spiro atoms. The zero-order chi connectivity index (χ0) is 13.0. The van der Waals surface area contributed by atoms with Gasteiger partial charge in [-0.2, -0.15) is 0 Å². The van der Waals surface area contributed by atoms with Gasteiger partial charge in [0.25, 0.3) is 0 Å². The van der Waals surface area contributed by atoms with E-state index in [1.165, 1.54) is 5.56 Å². The molecule has 2 aromatic rings. The van der Waals surface area contributed by atoms with Crippen molar-refractivity contribution < 1.29 is 0 Å². The first-order chi connectivity index (χ1) is 8.70. The molecule has 0 aromatic carbocycles. The Morgan fingerprint density at radius 1 is 1.33 bits per heavy atom. The molecule has 0 saturated heterocycles. The third kappa shape index (κ3) is 2.84. The lowest BCUT2D eigenvalue weighted by Gasteiger charge is -2.17. The van der Waals surface area contributed by atoms with Crippen molar-refractivity contribution in [3.05, 3.63) is 53.6 Å². The van der Waals surface area contributed by atoms with Crippen LogP contribution < -0.4 is 11.1 Å². The maximum Gasteiger partial charge on any atom is 0.0579 e. The van der Waals surface area contributed by atoms with Crippen molar-refractivity contribution in [2.24, 2.45) is 0 Å². The van der Waals surface area contributed by atoms with Crippen molar-refractivity contribution in [1.82, 2.24) is 15.3 Å². The number of anilines is 1. The van der Waals surface area contributed by atoms with Crippen LogP contribution in [0.3, 0.4) is 0 Å². The predicted molar refractivity (Wildman–Crippen MR) is 73.1 cm³/mol. The Hall–Kier alpha value is -1.94. The van der Waals surface area contributed by atoms with Crippen LogP contribution in [0.2, 0.25) is 0 Å². The fraction of sp³-hybridized carbons (Fsp3) is 0.286. The maximum atomic E-state index is 5.94. The summed E-state index contributed by atoms with van der Waals surface area (Å²) in [6, 6.07) is 6.06. The molecule has 0 fully saturated rings. The zero-order valence-corrected chi connectivity index (χ0v) is 10.7. The Morgan fingerprint density at radius 3 is 2.83 bits per heavy atom. The number of pyridine rings is 2. The van der Waals surface area contributed by atoms with Crippen LogP contribution in [0, 0.1) is 6.92 Å². The van der Waals surface area contributed by atoms with Gasteiger partial charge in [0.15, 0.2) is 0 Å². The lowest BCUT2D eigenvalue weighted by Crippen LogP contribution is -2.20. The van der Waals surface area contributed by atoms with E-state index in [0.29, 0.717) is 0 Å². The van der Waals surface area contributed by atoms with Crippen molar-refractivity contribution in [3.63, 3.8) is 0 Å². The van der Waals surface area contributed by atoms with E-state index >= 15 is 0 Å². The Labute approximate surface area is 107 Å². The zero-order valence-electron chi connectivity index (χ0n) is 10.7. The molecule has 0 amide bonds. The average Bonchev–Trinajstić information content (AvgIpc) is 2.38. The molecule has 2 aromatic heterocycles. The molecule has 0 aliphatic heterocycles. The first-order valence-corrected chi connectivity index (χ1v) is 5.99. The Kier molecular flexibility index (Phi) is 3.89. The Bertz CT molecular complexity index is 525. The first-order valence-electron chi connectivity index (χ1n) is 5.99. The number of aryl methyl sites for hydroxylation is 1. The van der Waals surface area contributed by atoms with Crippen LogP contribution in [0.1, 0.15) is 22.9 Å². The van der Waals surface area contributed by atoms with Crippen LogP contribution in [-0.4, -0.2) is 17.0 Å². The highest BCUT2D eigenvalue weighted by molar-refractivity contribution is 5.45. The topological polar surface area (TPSA) is 63.8 Å². The molecule has 94 valence electrons. The molecular weight excluding hydrogens is 224 g/mol. The van der Waals surface area contributed by atoms with E-state index in [4.69, 9.17) is 5.73 Å². The normalized spacial score (nSPS) is 12.3. The molecule has 0 aliphatic carbocycles. The molecule has 18 heavy (non-hydrogen) atoms. The molecule has 4 heteroatoms. The lowest BCUT2D eigenvalue weighted by atomic mass is 10.0. The van der Waals surface area contributed by atoms with E-state index in [0.717, 1.165) is 23.4 Å². The number of hydrogen-bond acceptors (Lipinski definition) is 4. The van der Waals surface area contributed by atoms with E-state index in [1.54, 1.807) is 6.20 Å². The summed E-state index contributed by atoms with van der Waals surface area (Å²) in [5.41, 5.74) is 10.00. The van der Waals surface area contributed by atoms with E-state index < -0.39 is 0 Å². The molecule has 2 heterocycles. The minimum atomic E-state index is 0.149. The van der Waals surface area contributed by atoms with Crippen molar-refractivity contribution >= 4 is 5.69 Å². The molecular formula is C14H18N4. The number of likely N-dealkylation sites (N-methyl/N-ethyl adjacent to an activating group) is 1. The molecule has 0 radical (unpaired) electrons. The van der Waals surface area contributed by atoms with Crippen LogP contribution in [0.15, 0.2) is 36.8 Å². The summed E-state index contributed by atoms with van der Waals surface area (Å²) < 4.78 is 0. The minimum Gasteiger partial charge on any atom is -0.398 e. The number of nitrogens with one attached hydrogen (secondary N) is 1. The minimum absolute atomic E-state index is 0.149. The number of aromatic nitrogens is 2. The van der Waals surface area contributed by atoms with Gasteiger partial charge in [0.1, 0.15) is 0 Å². The summed E-state index contributed by atoms with van der Waals surface area (Å²) in [5.74, 6) is 0. The molecule has 3 N–H and O–H groups in total. The van der Waals surface area contributed by atoms with Crippen molar-refractivity contribution in [2.75, 3.05) is 12.8 Å². The van der Waals surface area contributed by atoms with Crippen LogP contribution in [0.25, 0.3) is 0 Å². The molecule has 4 nitrogen and oxygen atoms in total. The average molecular weight is 242 g/mol. The number of nitrogens with zero attached hydrogens (tertiary/aromatic N) is 2. The summed E-state index contributed by atoms with van der Waals surface area (Å²) >= 11 is 0. The van der Waals surface area contributed by atoms with Gasteiger partial charge in [0.05, 0.1) is 11.7 Å². The van der Waals surface area contributed by atoms with Gasteiger partial charge < -0.3 is 11.1 Å². The van der Waals surface area contributed by atoms with Gasteiger partial charge in [-0.3, -0.25) is 9.97 Å². The van der Waals surface area contributed by atoms with Gasteiger partial charge in [-0.15, -0.1) is 0 Å². The smallest absolute Gasteiger partial charge is 0.0579 e. The monoisotopic (exact) mass is 242 g/mol. The van der Waals surface area contributed by atoms with Gasteiger partial charge in [-0.1, -0.05) is 0 Å². The molecule has 0 bridgehead atoms. The van der Waals surface area contributed by atoms with Crippen LogP contribution in [0.5, 0.6) is 0 Å². The van der Waals surface area contributed by atoms with Gasteiger partial charge >= 0.3 is 0 Å². The number of rotatable bonds is 4. The standard InChI is InChI=1S/C14H18N4/c1-10-3-6-18-14(7-10)13(16-2)8-11-9-17-5-4-12(11)15/h3-7,9,13,16H,8H2,1-2H3,(H2,15,17). The second-order valence-electron chi connectivity index (χ2n) is 4.38. The third-order valence-electron chi connectivity index (χ3n) is 3.01. The van der Waals surface area contributed by atoms with E-state index in [1.807, 2.05) is 31.6 Å². The van der Waals surface area contributed by atoms with Crippen molar-refractivity contribution in [3.8, 4) is 0 Å². The number of hydrogen-bond donors (Lipinski definition) is 2. The molecule has 0 aliphatic rings. The third-order valence-corrected chi connectivity index (χ3v) is 3.01. The summed E-state index contributed by atoms with van der Waals surface area (Å²) in [6.07, 6.45) is 6.14. The van der Waals surface area contributed by atoms with Crippen molar-refractivity contribution in [2.45, 2.75) is 19.4 Å². The molecule has 1 unspecified atom stereocenters. The van der Waals surface area contributed by atoms with E-state index in [-0.39, 0.29) is 6.04 Å². The fourth-order valence-electron chi connectivity index (χ4n) is 1.93. The predicted octanol–water partition coefficient (Wildman–Crippen LogP) is 1.87. The maximum absolute atomic E-state index is 5.94. The fourth-order valence-corrected chi connectivity index (χ4v) is 1.93. The Morgan fingerprint density at radius 2 is 2.17 bits per heavy atom. The van der Waals surface area contributed by atoms with Crippen LogP contribution in [0.4, 0.5) is 5.69 Å². The molecule has 1 atom stereocenters. The van der Waals surface area contributed by atoms with Gasteiger partial charge in [-0.25, -0.2) is 0 Å². The van der Waals surface area contributed by atoms with Crippen molar-refractivity contribution in [1.29, 1.82) is 0 Å². The highest BCUT2D eigenvalue weighted by Gasteiger charge is 2.13. The largest absolute Gasteiger partial charge is 0.398 e. The number of nitrogen functional groups attached to an aromatic ring is 1. The summed E-state index contributed by atoms with van der Waals surface area (Å²) in [5, 5.41) is 3.28. The highest BCUT2D eigenvalue weighted by Crippen LogP contribution is 2.20. The summed E-state index contributed by atoms with van der Waals surface area (Å²) in [6.45, 7) is 2.07. The second kappa shape index (κ2) is 5.60. The number of nitrogens with two attached hydrogens (primary N) is 1. The SMILES string of the molecule is CNC(Cc1cnccc1N)c1cc(C)ccn1. The molecule has 2 rings (SSSR count). The quantitative estimate of drug-likeness (QED) is 0.859. The summed E-state index contributed by atoms with van der Waals surface area (Å²) in [7, 11) is 1.93. The lowest BCUT2D eigenvalue weighted by molar-refractivity contribution is 0.575. The van der Waals surface area contributed by atoms with Crippen LogP contribution >= 0.6 is 0 Å². The Balaban J connectivity index is 2.23. The van der Waals surface area contributed by atoms with Gasteiger partial charge in [0, 0.05) is 24.3 Å². The first kappa shape index (κ1) is 12.5. The molecule has 0 saturated carbocycles. The van der Waals surface area contributed by atoms with Gasteiger partial charge in [0.2, 0.25) is 0 Å². The van der Waals surface area contributed by atoms with Crippen LogP contribution in [-0.2, 0) is 6.42 Å². The van der Waals surface area contributed by atoms with Gasteiger partial charge in [-0.05, 0) is 49.7 Å². The van der Waals surface area contributed by atoms with E-state index in [2.05, 4.69) is 28.3 Å². The second-order valence-corrected chi connectivity index (χ2v) is 4.38.